The molecule has 5 atom stereocenters. The van der Waals surface area contributed by atoms with E-state index in [1.54, 1.807) is 0 Å². The molecule has 0 bridgehead atoms. The summed E-state index contributed by atoms with van der Waals surface area (Å²) >= 11 is 12.0. The molecular weight excluding hydrogens is 499 g/mol. The lowest BCUT2D eigenvalue weighted by molar-refractivity contribution is -0.312. The van der Waals surface area contributed by atoms with Crippen molar-refractivity contribution >= 4 is 58.2 Å². The van der Waals surface area contributed by atoms with Crippen LogP contribution in [-0.4, -0.2) is 68.3 Å². The van der Waals surface area contributed by atoms with Gasteiger partial charge in [0.25, 0.3) is 0 Å². The standard InChI is InChI=1S/C19H20Cl2N4O9/c1-7(26)31-5-11-14(32-8(2)27)10(4-12(29)30)15(33-9(3)28)18(34-11)25-6-22-13-16(20)23-19(21)24-17(13)25/h6,10-11,14-15,18H,4-5H2,1-3H3,(H,29,30)/p-1. The van der Waals surface area contributed by atoms with Crippen LogP contribution in [0.1, 0.15) is 33.4 Å². The fourth-order valence-corrected chi connectivity index (χ4v) is 4.15. The molecule has 184 valence electrons. The predicted molar refractivity (Wildman–Crippen MR) is 110 cm³/mol. The third kappa shape index (κ3) is 5.72. The highest BCUT2D eigenvalue weighted by Gasteiger charge is 2.51. The first kappa shape index (κ1) is 25.6. The molecule has 1 aliphatic heterocycles. The fourth-order valence-electron chi connectivity index (χ4n) is 3.73. The van der Waals surface area contributed by atoms with Crippen molar-refractivity contribution in [3.8, 4) is 0 Å². The molecule has 0 saturated carbocycles. The Morgan fingerprint density at radius 2 is 1.71 bits per heavy atom. The molecule has 0 radical (unpaired) electrons. The number of fused-ring (bicyclic) bond motifs is 1. The van der Waals surface area contributed by atoms with Crippen LogP contribution in [0.2, 0.25) is 10.4 Å². The Balaban J connectivity index is 2.16. The van der Waals surface area contributed by atoms with Crippen LogP contribution in [0.3, 0.4) is 0 Å². The van der Waals surface area contributed by atoms with Crippen molar-refractivity contribution in [1.29, 1.82) is 0 Å². The highest BCUT2D eigenvalue weighted by Crippen LogP contribution is 2.39. The van der Waals surface area contributed by atoms with E-state index >= 15 is 0 Å². The van der Waals surface area contributed by atoms with Gasteiger partial charge in [-0.15, -0.1) is 0 Å². The monoisotopic (exact) mass is 517 g/mol. The summed E-state index contributed by atoms with van der Waals surface area (Å²) in [6.45, 7) is 2.98. The van der Waals surface area contributed by atoms with Gasteiger partial charge < -0.3 is 28.8 Å². The molecule has 13 nitrogen and oxygen atoms in total. The van der Waals surface area contributed by atoms with Crippen molar-refractivity contribution in [3.05, 3.63) is 16.8 Å². The van der Waals surface area contributed by atoms with E-state index in [-0.39, 0.29) is 21.6 Å². The zero-order valence-corrected chi connectivity index (χ0v) is 19.6. The molecule has 3 heterocycles. The van der Waals surface area contributed by atoms with Gasteiger partial charge >= 0.3 is 17.9 Å². The van der Waals surface area contributed by atoms with Gasteiger partial charge in [-0.3, -0.25) is 19.0 Å². The summed E-state index contributed by atoms with van der Waals surface area (Å²) in [6, 6.07) is 0. The SMILES string of the molecule is CC(=O)OCC1OC(n2cnc3c(Cl)nc(Cl)nc32)C(OC(C)=O)C(CC(=O)[O-])C1OC(C)=O. The van der Waals surface area contributed by atoms with Gasteiger partial charge in [0.1, 0.15) is 24.3 Å². The van der Waals surface area contributed by atoms with Crippen LogP contribution in [0.5, 0.6) is 0 Å². The number of carboxylic acids is 1. The smallest absolute Gasteiger partial charge is 0.303 e. The molecule has 0 spiro atoms. The molecule has 34 heavy (non-hydrogen) atoms. The Morgan fingerprint density at radius 1 is 1.06 bits per heavy atom. The van der Waals surface area contributed by atoms with Gasteiger partial charge in [0.05, 0.1) is 6.33 Å². The van der Waals surface area contributed by atoms with Crippen LogP contribution in [0, 0.1) is 5.92 Å². The lowest BCUT2D eigenvalue weighted by Crippen LogP contribution is -2.57. The molecule has 0 aliphatic carbocycles. The molecular formula is C19H19Cl2N4O9-. The van der Waals surface area contributed by atoms with Gasteiger partial charge in [-0.25, -0.2) is 9.97 Å². The zero-order valence-electron chi connectivity index (χ0n) is 18.1. The average molecular weight is 518 g/mol. The first-order valence-electron chi connectivity index (χ1n) is 9.86. The second kappa shape index (κ2) is 10.5. The third-order valence-corrected chi connectivity index (χ3v) is 5.32. The van der Waals surface area contributed by atoms with Crippen LogP contribution in [0.25, 0.3) is 11.2 Å². The highest BCUT2D eigenvalue weighted by molar-refractivity contribution is 6.35. The van der Waals surface area contributed by atoms with E-state index in [0.29, 0.717) is 0 Å². The van der Waals surface area contributed by atoms with Gasteiger partial charge in [-0.05, 0) is 18.0 Å². The van der Waals surface area contributed by atoms with E-state index in [2.05, 4.69) is 15.0 Å². The minimum absolute atomic E-state index is 0.0610. The van der Waals surface area contributed by atoms with Gasteiger partial charge in [0, 0.05) is 32.7 Å². The number of aromatic nitrogens is 4. The molecule has 2 aromatic rings. The number of ether oxygens (including phenoxy) is 4. The maximum Gasteiger partial charge on any atom is 0.303 e. The van der Waals surface area contributed by atoms with E-state index in [1.807, 2.05) is 0 Å². The van der Waals surface area contributed by atoms with Crippen LogP contribution in [-0.2, 0) is 38.1 Å². The Hall–Kier alpha value is -3.03. The fraction of sp³-hybridized carbons (Fsp3) is 0.526. The van der Waals surface area contributed by atoms with Crippen molar-refractivity contribution in [2.24, 2.45) is 5.92 Å². The molecule has 0 aromatic carbocycles. The number of hydrogen-bond donors (Lipinski definition) is 0. The number of hydrogen-bond acceptors (Lipinski definition) is 12. The van der Waals surface area contributed by atoms with Crippen molar-refractivity contribution < 1.29 is 43.2 Å². The van der Waals surface area contributed by atoms with Gasteiger partial charge in [-0.1, -0.05) is 11.6 Å². The van der Waals surface area contributed by atoms with Gasteiger partial charge in [-0.2, -0.15) is 4.98 Å². The molecule has 15 heteroatoms. The molecule has 1 saturated heterocycles. The topological polar surface area (TPSA) is 172 Å². The Morgan fingerprint density at radius 3 is 2.29 bits per heavy atom. The van der Waals surface area contributed by atoms with Crippen LogP contribution >= 0.6 is 23.2 Å². The quantitative estimate of drug-likeness (QED) is 0.212. The Labute approximate surface area is 202 Å². The van der Waals surface area contributed by atoms with Crippen LogP contribution in [0.4, 0.5) is 0 Å². The summed E-state index contributed by atoms with van der Waals surface area (Å²) in [5, 5.41) is 11.3. The Kier molecular flexibility index (Phi) is 7.89. The first-order chi connectivity index (χ1) is 16.0. The summed E-state index contributed by atoms with van der Waals surface area (Å²) in [7, 11) is 0. The highest BCUT2D eigenvalue weighted by atomic mass is 35.5. The number of aliphatic carboxylic acids is 1. The minimum atomic E-state index is -1.50. The number of carbonyl (C=O) groups excluding carboxylic acids is 4. The third-order valence-electron chi connectivity index (χ3n) is 4.89. The Bertz CT molecular complexity index is 1120. The van der Waals surface area contributed by atoms with Crippen molar-refractivity contribution in [2.45, 2.75) is 51.7 Å². The number of halogens is 2. The summed E-state index contributed by atoms with van der Waals surface area (Å²) in [5.41, 5.74) is 0.239. The number of carbonyl (C=O) groups is 4. The van der Waals surface area contributed by atoms with E-state index < -0.39 is 67.4 Å². The number of carboxylic acid groups (broad SMARTS) is 1. The van der Waals surface area contributed by atoms with Gasteiger partial charge in [0.2, 0.25) is 5.28 Å². The summed E-state index contributed by atoms with van der Waals surface area (Å²) in [6.07, 6.45) is -4.43. The van der Waals surface area contributed by atoms with E-state index in [9.17, 15) is 24.3 Å². The minimum Gasteiger partial charge on any atom is -0.550 e. The second-order valence-corrected chi connectivity index (χ2v) is 8.06. The number of esters is 3. The predicted octanol–water partition coefficient (Wildman–Crippen LogP) is 0.213. The van der Waals surface area contributed by atoms with Crippen molar-refractivity contribution in [2.75, 3.05) is 6.61 Å². The molecule has 5 unspecified atom stereocenters. The molecule has 1 aliphatic rings. The lowest BCUT2D eigenvalue weighted by Gasteiger charge is -2.45. The summed E-state index contributed by atoms with van der Waals surface area (Å²) in [4.78, 5) is 58.8. The maximum atomic E-state index is 11.9. The zero-order chi connectivity index (χ0) is 25.2. The summed E-state index contributed by atoms with van der Waals surface area (Å²) in [5.74, 6) is -4.85. The van der Waals surface area contributed by atoms with Crippen molar-refractivity contribution in [3.63, 3.8) is 0 Å². The normalized spacial score (nSPS) is 24.4. The van der Waals surface area contributed by atoms with Crippen LogP contribution < -0.4 is 5.11 Å². The number of imidazole rings is 1. The molecule has 0 amide bonds. The van der Waals surface area contributed by atoms with E-state index in [4.69, 9.17) is 42.1 Å². The van der Waals surface area contributed by atoms with Crippen molar-refractivity contribution in [1.82, 2.24) is 19.5 Å². The van der Waals surface area contributed by atoms with Crippen LogP contribution in [0.15, 0.2) is 6.33 Å². The second-order valence-electron chi connectivity index (χ2n) is 7.36. The lowest BCUT2D eigenvalue weighted by atomic mass is 9.85. The van der Waals surface area contributed by atoms with E-state index in [1.165, 1.54) is 10.9 Å². The number of rotatable bonds is 7. The maximum absolute atomic E-state index is 11.9. The van der Waals surface area contributed by atoms with Gasteiger partial charge in [0.15, 0.2) is 23.1 Å². The molecule has 2 aromatic heterocycles. The van der Waals surface area contributed by atoms with E-state index in [0.717, 1.165) is 20.8 Å². The average Bonchev–Trinajstić information content (AvgIpc) is 3.12. The molecule has 0 N–H and O–H groups in total. The number of nitrogens with zero attached hydrogens (tertiary/aromatic N) is 4. The largest absolute Gasteiger partial charge is 0.550 e. The summed E-state index contributed by atoms with van der Waals surface area (Å²) < 4.78 is 23.1. The molecule has 3 rings (SSSR count). The molecule has 1 fully saturated rings. The first-order valence-corrected chi connectivity index (χ1v) is 10.6.